The van der Waals surface area contributed by atoms with Crippen LogP contribution >= 0.6 is 23.2 Å². The minimum atomic E-state index is -0.852. The zero-order valence-electron chi connectivity index (χ0n) is 14.4. The first-order valence-electron chi connectivity index (χ1n) is 7.99. The molecule has 26 heavy (non-hydrogen) atoms. The van der Waals surface area contributed by atoms with Crippen molar-refractivity contribution in [2.75, 3.05) is 6.61 Å². The Morgan fingerprint density at radius 1 is 1.04 bits per heavy atom. The van der Waals surface area contributed by atoms with Gasteiger partial charge < -0.3 is 14.8 Å². The summed E-state index contributed by atoms with van der Waals surface area (Å²) in [4.78, 5) is 23.9. The molecule has 2 rings (SSSR count). The SMILES string of the molecule is C[C@H](NC(=O)COC(=O)[C@@H](C)Oc1ccc(Cl)cc1)c1cccc(Cl)c1. The Morgan fingerprint density at radius 2 is 1.73 bits per heavy atom. The van der Waals surface area contributed by atoms with Crippen molar-refractivity contribution in [3.63, 3.8) is 0 Å². The van der Waals surface area contributed by atoms with Crippen LogP contribution < -0.4 is 10.1 Å². The topological polar surface area (TPSA) is 64.6 Å². The van der Waals surface area contributed by atoms with E-state index >= 15 is 0 Å². The molecular weight excluding hydrogens is 377 g/mol. The summed E-state index contributed by atoms with van der Waals surface area (Å²) < 4.78 is 10.4. The van der Waals surface area contributed by atoms with Crippen LogP contribution in [-0.2, 0) is 14.3 Å². The maximum absolute atomic E-state index is 12.0. The summed E-state index contributed by atoms with van der Waals surface area (Å²) in [6.07, 6.45) is -0.852. The number of carbonyl (C=O) groups is 2. The highest BCUT2D eigenvalue weighted by Gasteiger charge is 2.18. The zero-order valence-corrected chi connectivity index (χ0v) is 15.9. The number of benzene rings is 2. The second-order valence-corrected chi connectivity index (χ2v) is 6.54. The maximum atomic E-state index is 12.0. The summed E-state index contributed by atoms with van der Waals surface area (Å²) in [5.74, 6) is -0.562. The maximum Gasteiger partial charge on any atom is 0.347 e. The highest BCUT2D eigenvalue weighted by molar-refractivity contribution is 6.30. The van der Waals surface area contributed by atoms with Gasteiger partial charge in [0.15, 0.2) is 12.7 Å². The van der Waals surface area contributed by atoms with Crippen LogP contribution in [0.4, 0.5) is 0 Å². The van der Waals surface area contributed by atoms with Crippen LogP contribution in [0.2, 0.25) is 10.0 Å². The van der Waals surface area contributed by atoms with Crippen LogP contribution in [-0.4, -0.2) is 24.6 Å². The van der Waals surface area contributed by atoms with E-state index in [2.05, 4.69) is 5.32 Å². The molecule has 0 aliphatic carbocycles. The van der Waals surface area contributed by atoms with Crippen molar-refractivity contribution in [2.45, 2.75) is 26.0 Å². The van der Waals surface area contributed by atoms with E-state index in [0.29, 0.717) is 15.8 Å². The number of hydrogen-bond donors (Lipinski definition) is 1. The second-order valence-electron chi connectivity index (χ2n) is 5.67. The molecule has 0 saturated carbocycles. The number of hydrogen-bond acceptors (Lipinski definition) is 4. The smallest absolute Gasteiger partial charge is 0.347 e. The summed E-state index contributed by atoms with van der Waals surface area (Å²) >= 11 is 11.7. The highest BCUT2D eigenvalue weighted by atomic mass is 35.5. The van der Waals surface area contributed by atoms with Gasteiger partial charge in [-0.3, -0.25) is 4.79 Å². The third kappa shape index (κ3) is 6.24. The fourth-order valence-electron chi connectivity index (χ4n) is 2.16. The predicted octanol–water partition coefficient (Wildman–Crippen LogP) is 4.18. The van der Waals surface area contributed by atoms with Gasteiger partial charge in [0, 0.05) is 10.0 Å². The lowest BCUT2D eigenvalue weighted by molar-refractivity contribution is -0.154. The van der Waals surface area contributed by atoms with Gasteiger partial charge in [-0.25, -0.2) is 4.79 Å². The second kappa shape index (κ2) is 9.46. The Kier molecular flexibility index (Phi) is 7.30. The number of esters is 1. The lowest BCUT2D eigenvalue weighted by Gasteiger charge is -2.16. The molecule has 0 heterocycles. The molecule has 2 aromatic carbocycles. The van der Waals surface area contributed by atoms with Crippen LogP contribution in [0.3, 0.4) is 0 Å². The van der Waals surface area contributed by atoms with E-state index < -0.39 is 24.6 Å². The molecule has 0 bridgehead atoms. The van der Waals surface area contributed by atoms with Gasteiger partial charge in [-0.15, -0.1) is 0 Å². The monoisotopic (exact) mass is 395 g/mol. The van der Waals surface area contributed by atoms with Crippen LogP contribution in [0.1, 0.15) is 25.5 Å². The lowest BCUT2D eigenvalue weighted by atomic mass is 10.1. The van der Waals surface area contributed by atoms with Crippen molar-refractivity contribution in [3.05, 3.63) is 64.1 Å². The average Bonchev–Trinajstić information content (AvgIpc) is 2.61. The van der Waals surface area contributed by atoms with E-state index in [9.17, 15) is 9.59 Å². The Hall–Kier alpha value is -2.24. The molecule has 0 spiro atoms. The normalized spacial score (nSPS) is 12.8. The molecule has 138 valence electrons. The third-order valence-corrected chi connectivity index (χ3v) is 4.02. The van der Waals surface area contributed by atoms with Crippen molar-refractivity contribution in [1.82, 2.24) is 5.32 Å². The van der Waals surface area contributed by atoms with Gasteiger partial charge in [-0.1, -0.05) is 35.3 Å². The molecule has 0 fully saturated rings. The summed E-state index contributed by atoms with van der Waals surface area (Å²) in [5.41, 5.74) is 0.858. The molecular formula is C19H19Cl2NO4. The molecule has 0 saturated heterocycles. The Bertz CT molecular complexity index is 764. The van der Waals surface area contributed by atoms with Gasteiger partial charge in [0.25, 0.3) is 5.91 Å². The van der Waals surface area contributed by atoms with E-state index in [4.69, 9.17) is 32.7 Å². The molecule has 1 N–H and O–H groups in total. The summed E-state index contributed by atoms with van der Waals surface area (Å²) in [6.45, 7) is 2.97. The Labute approximate surface area is 162 Å². The molecule has 5 nitrogen and oxygen atoms in total. The van der Waals surface area contributed by atoms with E-state index in [-0.39, 0.29) is 6.04 Å². The first-order chi connectivity index (χ1) is 12.3. The molecule has 0 aromatic heterocycles. The van der Waals surface area contributed by atoms with Gasteiger partial charge in [0.2, 0.25) is 0 Å². The van der Waals surface area contributed by atoms with Crippen LogP contribution in [0, 0.1) is 0 Å². The van der Waals surface area contributed by atoms with Gasteiger partial charge in [0.1, 0.15) is 5.75 Å². The zero-order chi connectivity index (χ0) is 19.1. The number of nitrogens with one attached hydrogen (secondary N) is 1. The van der Waals surface area contributed by atoms with E-state index in [1.807, 2.05) is 13.0 Å². The van der Waals surface area contributed by atoms with Gasteiger partial charge in [-0.2, -0.15) is 0 Å². The summed E-state index contributed by atoms with van der Waals surface area (Å²) in [5, 5.41) is 3.90. The molecule has 2 atom stereocenters. The molecule has 0 aliphatic heterocycles. The quantitative estimate of drug-likeness (QED) is 0.714. The minimum Gasteiger partial charge on any atom is -0.479 e. The standard InChI is InChI=1S/C19H19Cl2NO4/c1-12(14-4-3-5-16(21)10-14)22-18(23)11-25-19(24)13(2)26-17-8-6-15(20)7-9-17/h3-10,12-13H,11H2,1-2H3,(H,22,23)/t12-,13+/m0/s1. The largest absolute Gasteiger partial charge is 0.479 e. The molecule has 0 radical (unpaired) electrons. The Morgan fingerprint density at radius 3 is 2.38 bits per heavy atom. The fraction of sp³-hybridized carbons (Fsp3) is 0.263. The third-order valence-electron chi connectivity index (χ3n) is 3.53. The molecule has 0 aliphatic rings. The van der Waals surface area contributed by atoms with Crippen LogP contribution in [0.25, 0.3) is 0 Å². The van der Waals surface area contributed by atoms with Crippen molar-refractivity contribution in [2.24, 2.45) is 0 Å². The average molecular weight is 396 g/mol. The minimum absolute atomic E-state index is 0.261. The first kappa shape index (κ1) is 20.1. The van der Waals surface area contributed by atoms with Crippen LogP contribution in [0.5, 0.6) is 5.75 Å². The van der Waals surface area contributed by atoms with Gasteiger partial charge in [-0.05, 0) is 55.8 Å². The van der Waals surface area contributed by atoms with Crippen molar-refractivity contribution in [1.29, 1.82) is 0 Å². The highest BCUT2D eigenvalue weighted by Crippen LogP contribution is 2.18. The van der Waals surface area contributed by atoms with E-state index in [1.54, 1.807) is 49.4 Å². The van der Waals surface area contributed by atoms with E-state index in [1.165, 1.54) is 0 Å². The van der Waals surface area contributed by atoms with Crippen molar-refractivity contribution < 1.29 is 19.1 Å². The first-order valence-corrected chi connectivity index (χ1v) is 8.74. The lowest BCUT2D eigenvalue weighted by Crippen LogP contribution is -2.34. The van der Waals surface area contributed by atoms with Crippen molar-refractivity contribution >= 4 is 35.1 Å². The number of carbonyl (C=O) groups excluding carboxylic acids is 2. The number of amides is 1. The van der Waals surface area contributed by atoms with Gasteiger partial charge >= 0.3 is 5.97 Å². The summed E-state index contributed by atoms with van der Waals surface area (Å²) in [6, 6.07) is 13.5. The van der Waals surface area contributed by atoms with Gasteiger partial charge in [0.05, 0.1) is 6.04 Å². The number of ether oxygens (including phenoxy) is 2. The molecule has 7 heteroatoms. The number of halogens is 2. The molecule has 0 unspecified atom stereocenters. The summed E-state index contributed by atoms with van der Waals surface area (Å²) in [7, 11) is 0. The van der Waals surface area contributed by atoms with Crippen LogP contribution in [0.15, 0.2) is 48.5 Å². The predicted molar refractivity (Wildman–Crippen MR) is 101 cm³/mol. The molecule has 2 aromatic rings. The fourth-order valence-corrected chi connectivity index (χ4v) is 2.49. The van der Waals surface area contributed by atoms with Crippen molar-refractivity contribution in [3.8, 4) is 5.75 Å². The Balaban J connectivity index is 1.78. The van der Waals surface area contributed by atoms with E-state index in [0.717, 1.165) is 5.56 Å². The molecule has 1 amide bonds. The number of rotatable bonds is 7.